The number of nitrogens with zero attached hydrogens (tertiary/aromatic N) is 1. The summed E-state index contributed by atoms with van der Waals surface area (Å²) in [6.45, 7) is 2.35. The molecular formula is C28H26N2O5. The first-order chi connectivity index (χ1) is 17.1. The Morgan fingerprint density at radius 3 is 2.31 bits per heavy atom. The molecule has 0 unspecified atom stereocenters. The van der Waals surface area contributed by atoms with Gasteiger partial charge in [-0.25, -0.2) is 9.78 Å². The molecule has 0 amide bonds. The van der Waals surface area contributed by atoms with E-state index in [0.717, 1.165) is 28.1 Å². The van der Waals surface area contributed by atoms with Gasteiger partial charge in [-0.3, -0.25) is 10.3 Å². The van der Waals surface area contributed by atoms with Gasteiger partial charge in [-0.15, -0.1) is 0 Å². The summed E-state index contributed by atoms with van der Waals surface area (Å²) in [7, 11) is 0. The van der Waals surface area contributed by atoms with Gasteiger partial charge in [0.1, 0.15) is 29.5 Å². The fraction of sp³-hybridized carbons (Fsp3) is 0.143. The number of benzene rings is 3. The van der Waals surface area contributed by atoms with Gasteiger partial charge in [0.15, 0.2) is 0 Å². The van der Waals surface area contributed by atoms with Gasteiger partial charge >= 0.3 is 5.97 Å². The molecule has 1 aromatic heterocycles. The summed E-state index contributed by atoms with van der Waals surface area (Å²) in [6.07, 6.45) is 2.08. The maximum Gasteiger partial charge on any atom is 0.353 e. The first-order valence-electron chi connectivity index (χ1n) is 11.2. The summed E-state index contributed by atoms with van der Waals surface area (Å²) in [5, 5.41) is 9.38. The summed E-state index contributed by atoms with van der Waals surface area (Å²) in [5.41, 5.74) is 6.06. The smallest absolute Gasteiger partial charge is 0.353 e. The number of carboxylic acid groups (broad SMARTS) is 1. The number of aliphatic carboxylic acids is 1. The molecule has 2 N–H and O–H groups in total. The summed E-state index contributed by atoms with van der Waals surface area (Å²) in [4.78, 5) is 21.4. The topological polar surface area (TPSA) is 93.8 Å². The predicted octanol–water partition coefficient (Wildman–Crippen LogP) is 5.46. The fourth-order valence-electron chi connectivity index (χ4n) is 3.30. The SMILES string of the molecule is Cc1oc(-c2ccccc2)nc1COc1ccc(CONC(=CCc2ccccc2)C(=O)O)cc1. The van der Waals surface area contributed by atoms with Crippen molar-refractivity contribution >= 4 is 5.97 Å². The molecule has 0 radical (unpaired) electrons. The van der Waals surface area contributed by atoms with E-state index in [1.54, 1.807) is 6.08 Å². The molecule has 4 rings (SSSR count). The highest BCUT2D eigenvalue weighted by molar-refractivity contribution is 5.85. The van der Waals surface area contributed by atoms with E-state index in [4.69, 9.17) is 14.0 Å². The molecule has 35 heavy (non-hydrogen) atoms. The van der Waals surface area contributed by atoms with Crippen LogP contribution in [0.25, 0.3) is 11.5 Å². The van der Waals surface area contributed by atoms with E-state index in [9.17, 15) is 9.90 Å². The molecular weight excluding hydrogens is 444 g/mol. The number of hydroxylamine groups is 1. The first-order valence-corrected chi connectivity index (χ1v) is 11.2. The van der Waals surface area contributed by atoms with Gasteiger partial charge in [-0.1, -0.05) is 60.7 Å². The van der Waals surface area contributed by atoms with Crippen molar-refractivity contribution in [2.45, 2.75) is 26.6 Å². The lowest BCUT2D eigenvalue weighted by atomic mass is 10.1. The molecule has 0 aliphatic heterocycles. The van der Waals surface area contributed by atoms with Crippen LogP contribution in [-0.4, -0.2) is 16.1 Å². The maximum absolute atomic E-state index is 11.5. The number of ether oxygens (including phenoxy) is 1. The monoisotopic (exact) mass is 470 g/mol. The van der Waals surface area contributed by atoms with Crippen LogP contribution in [-0.2, 0) is 29.3 Å². The predicted molar refractivity (Wildman–Crippen MR) is 131 cm³/mol. The number of rotatable bonds is 11. The van der Waals surface area contributed by atoms with Crippen molar-refractivity contribution in [2.24, 2.45) is 0 Å². The maximum atomic E-state index is 11.5. The molecule has 0 atom stereocenters. The molecule has 0 saturated carbocycles. The van der Waals surface area contributed by atoms with E-state index in [1.165, 1.54) is 0 Å². The van der Waals surface area contributed by atoms with E-state index < -0.39 is 5.97 Å². The zero-order valence-electron chi connectivity index (χ0n) is 19.3. The van der Waals surface area contributed by atoms with Crippen LogP contribution in [0.1, 0.15) is 22.6 Å². The van der Waals surface area contributed by atoms with E-state index >= 15 is 0 Å². The zero-order valence-corrected chi connectivity index (χ0v) is 19.3. The van der Waals surface area contributed by atoms with Gasteiger partial charge in [0.05, 0.1) is 6.61 Å². The minimum atomic E-state index is -1.08. The lowest BCUT2D eigenvalue weighted by molar-refractivity contribution is -0.135. The summed E-state index contributed by atoms with van der Waals surface area (Å²) >= 11 is 0. The molecule has 0 spiro atoms. The molecule has 1 heterocycles. The van der Waals surface area contributed by atoms with Crippen LogP contribution in [0.5, 0.6) is 5.75 Å². The highest BCUT2D eigenvalue weighted by Crippen LogP contribution is 2.23. The Kier molecular flexibility index (Phi) is 7.93. The second-order valence-electron chi connectivity index (χ2n) is 7.82. The van der Waals surface area contributed by atoms with Gasteiger partial charge in [0.25, 0.3) is 0 Å². The first kappa shape index (κ1) is 23.8. The number of nitrogens with one attached hydrogen (secondary N) is 1. The van der Waals surface area contributed by atoms with Crippen molar-refractivity contribution in [2.75, 3.05) is 0 Å². The third kappa shape index (κ3) is 6.82. The van der Waals surface area contributed by atoms with Crippen LogP contribution in [0, 0.1) is 6.92 Å². The van der Waals surface area contributed by atoms with Gasteiger partial charge in [0, 0.05) is 5.56 Å². The molecule has 0 bridgehead atoms. The Hall–Kier alpha value is -4.36. The van der Waals surface area contributed by atoms with Crippen molar-refractivity contribution in [3.63, 3.8) is 0 Å². The molecule has 4 aromatic rings. The number of hydrogen-bond donors (Lipinski definition) is 2. The number of carbonyl (C=O) groups is 1. The van der Waals surface area contributed by atoms with Crippen LogP contribution in [0.2, 0.25) is 0 Å². The lowest BCUT2D eigenvalue weighted by Crippen LogP contribution is -2.20. The third-order valence-electron chi connectivity index (χ3n) is 5.25. The van der Waals surface area contributed by atoms with E-state index in [0.29, 0.717) is 18.1 Å². The molecule has 0 aliphatic carbocycles. The molecule has 7 heteroatoms. The molecule has 178 valence electrons. The van der Waals surface area contributed by atoms with Crippen LogP contribution < -0.4 is 10.2 Å². The standard InChI is InChI=1S/C28H26N2O5/c1-20-26(29-27(35-20)23-10-6-3-7-11-23)19-33-24-15-12-22(13-16-24)18-34-30-25(28(31)32)17-14-21-8-4-2-5-9-21/h2-13,15-17,30H,14,18-19H2,1H3,(H,31,32). The number of carboxylic acids is 1. The van der Waals surface area contributed by atoms with E-state index in [1.807, 2.05) is 91.9 Å². The number of oxazole rings is 1. The molecule has 3 aromatic carbocycles. The van der Waals surface area contributed by atoms with Crippen LogP contribution in [0.3, 0.4) is 0 Å². The quantitative estimate of drug-likeness (QED) is 0.222. The van der Waals surface area contributed by atoms with Crippen molar-refractivity contribution in [3.8, 4) is 17.2 Å². The molecule has 0 saturated heterocycles. The molecule has 0 aliphatic rings. The van der Waals surface area contributed by atoms with Gasteiger partial charge in [-0.05, 0) is 54.8 Å². The number of hydrogen-bond acceptors (Lipinski definition) is 6. The van der Waals surface area contributed by atoms with Gasteiger partial charge < -0.3 is 14.3 Å². The van der Waals surface area contributed by atoms with Crippen molar-refractivity contribution in [1.29, 1.82) is 0 Å². The second-order valence-corrected chi connectivity index (χ2v) is 7.82. The Morgan fingerprint density at radius 1 is 0.943 bits per heavy atom. The summed E-state index contributed by atoms with van der Waals surface area (Å²) in [5.74, 6) is 0.886. The normalized spacial score (nSPS) is 11.3. The van der Waals surface area contributed by atoms with Crippen LogP contribution >= 0.6 is 0 Å². The Balaban J connectivity index is 1.27. The Labute approximate surface area is 203 Å². The second kappa shape index (κ2) is 11.7. The number of aryl methyl sites for hydroxylation is 1. The van der Waals surface area contributed by atoms with E-state index in [2.05, 4.69) is 10.5 Å². The van der Waals surface area contributed by atoms with E-state index in [-0.39, 0.29) is 18.9 Å². The minimum absolute atomic E-state index is 0.00772. The zero-order chi connectivity index (χ0) is 24.5. The molecule has 7 nitrogen and oxygen atoms in total. The Bertz CT molecular complexity index is 1270. The highest BCUT2D eigenvalue weighted by Gasteiger charge is 2.12. The average Bonchev–Trinajstić information content (AvgIpc) is 3.27. The number of aromatic nitrogens is 1. The minimum Gasteiger partial charge on any atom is -0.487 e. The fourth-order valence-corrected chi connectivity index (χ4v) is 3.30. The van der Waals surface area contributed by atoms with Gasteiger partial charge in [-0.2, -0.15) is 0 Å². The van der Waals surface area contributed by atoms with Gasteiger partial charge in [0.2, 0.25) is 5.89 Å². The van der Waals surface area contributed by atoms with Crippen LogP contribution in [0.4, 0.5) is 0 Å². The van der Waals surface area contributed by atoms with Crippen LogP contribution in [0.15, 0.2) is 101 Å². The average molecular weight is 471 g/mol. The summed E-state index contributed by atoms with van der Waals surface area (Å²) in [6, 6.07) is 26.7. The Morgan fingerprint density at radius 2 is 1.63 bits per heavy atom. The van der Waals surface area contributed by atoms with Crippen molar-refractivity contribution in [3.05, 3.63) is 119 Å². The van der Waals surface area contributed by atoms with Crippen molar-refractivity contribution < 1.29 is 23.9 Å². The summed E-state index contributed by atoms with van der Waals surface area (Å²) < 4.78 is 11.6. The van der Waals surface area contributed by atoms with Crippen molar-refractivity contribution in [1.82, 2.24) is 10.5 Å². The number of allylic oxidation sites excluding steroid dienone is 1. The highest BCUT2D eigenvalue weighted by atomic mass is 16.6. The molecule has 0 fully saturated rings. The lowest BCUT2D eigenvalue weighted by Gasteiger charge is -2.09. The third-order valence-corrected chi connectivity index (χ3v) is 5.25. The largest absolute Gasteiger partial charge is 0.487 e.